The first-order chi connectivity index (χ1) is 8.20. The molecule has 1 aromatic rings. The van der Waals surface area contributed by atoms with E-state index >= 15 is 0 Å². The number of carbonyl (C=O) groups is 1. The molecule has 0 bridgehead atoms. The predicted molar refractivity (Wildman–Crippen MR) is 64.9 cm³/mol. The van der Waals surface area contributed by atoms with E-state index in [4.69, 9.17) is 21.4 Å². The van der Waals surface area contributed by atoms with Gasteiger partial charge in [-0.3, -0.25) is 4.79 Å². The number of carboxylic acid groups (broad SMARTS) is 1. The molecule has 100 valence electrons. The number of methoxy groups -OCH3 is 1. The summed E-state index contributed by atoms with van der Waals surface area (Å²) in [5, 5.41) is 18.1. The molecule has 0 heterocycles. The Morgan fingerprint density at radius 3 is 2.56 bits per heavy atom. The molecule has 0 aliphatic rings. The number of hydrogen-bond acceptors (Lipinski definition) is 3. The van der Waals surface area contributed by atoms with Crippen LogP contribution in [0.4, 0.5) is 4.39 Å². The van der Waals surface area contributed by atoms with Crippen LogP contribution in [0.1, 0.15) is 25.8 Å². The van der Waals surface area contributed by atoms with E-state index < -0.39 is 23.0 Å². The summed E-state index contributed by atoms with van der Waals surface area (Å²) in [4.78, 5) is 10.8. The molecule has 0 radical (unpaired) electrons. The first kappa shape index (κ1) is 14.6. The standard InChI is InChI=1S/C12H14ClFO4/c1-12(2,5-8(15)16)6-4-7(13)10(17)9(14)11(6)18-3/h4,17H,5H2,1-3H3,(H,15,16). The Hall–Kier alpha value is -1.49. The molecule has 0 unspecified atom stereocenters. The molecule has 2 N–H and O–H groups in total. The SMILES string of the molecule is COc1c(C(C)(C)CC(=O)O)cc(Cl)c(O)c1F. The van der Waals surface area contributed by atoms with E-state index in [9.17, 15) is 14.3 Å². The fourth-order valence-electron chi connectivity index (χ4n) is 1.77. The van der Waals surface area contributed by atoms with Crippen LogP contribution >= 0.6 is 11.6 Å². The normalized spacial score (nSPS) is 11.4. The van der Waals surface area contributed by atoms with E-state index in [0.29, 0.717) is 5.56 Å². The number of aromatic hydroxyl groups is 1. The highest BCUT2D eigenvalue weighted by Gasteiger charge is 2.31. The Morgan fingerprint density at radius 1 is 1.56 bits per heavy atom. The molecule has 0 atom stereocenters. The van der Waals surface area contributed by atoms with Crippen molar-refractivity contribution in [2.24, 2.45) is 0 Å². The van der Waals surface area contributed by atoms with Crippen LogP contribution < -0.4 is 4.74 Å². The van der Waals surface area contributed by atoms with Crippen molar-refractivity contribution in [3.05, 3.63) is 22.5 Å². The molecule has 1 rings (SSSR count). The molecule has 0 spiro atoms. The van der Waals surface area contributed by atoms with E-state index in [2.05, 4.69) is 0 Å². The van der Waals surface area contributed by atoms with Gasteiger partial charge < -0.3 is 14.9 Å². The van der Waals surface area contributed by atoms with Crippen LogP contribution in [0.2, 0.25) is 5.02 Å². The molecule has 0 saturated heterocycles. The zero-order chi connectivity index (χ0) is 14.1. The van der Waals surface area contributed by atoms with Crippen molar-refractivity contribution in [3.8, 4) is 11.5 Å². The third kappa shape index (κ3) is 2.67. The molecule has 0 aliphatic heterocycles. The topological polar surface area (TPSA) is 66.8 Å². The van der Waals surface area contributed by atoms with Crippen molar-refractivity contribution in [2.75, 3.05) is 7.11 Å². The molecule has 6 heteroatoms. The zero-order valence-corrected chi connectivity index (χ0v) is 11.0. The van der Waals surface area contributed by atoms with Gasteiger partial charge in [0.05, 0.1) is 18.6 Å². The summed E-state index contributed by atoms with van der Waals surface area (Å²) in [6.07, 6.45) is -0.218. The van der Waals surface area contributed by atoms with Gasteiger partial charge in [0.2, 0.25) is 5.82 Å². The maximum Gasteiger partial charge on any atom is 0.304 e. The lowest BCUT2D eigenvalue weighted by Crippen LogP contribution is -2.23. The highest BCUT2D eigenvalue weighted by molar-refractivity contribution is 6.32. The third-order valence-electron chi connectivity index (χ3n) is 2.68. The second-order valence-electron chi connectivity index (χ2n) is 4.56. The maximum absolute atomic E-state index is 13.8. The van der Waals surface area contributed by atoms with Crippen molar-refractivity contribution in [3.63, 3.8) is 0 Å². The van der Waals surface area contributed by atoms with Crippen LogP contribution in [0.15, 0.2) is 6.07 Å². The van der Waals surface area contributed by atoms with E-state index in [0.717, 1.165) is 0 Å². The second kappa shape index (κ2) is 5.02. The van der Waals surface area contributed by atoms with Crippen molar-refractivity contribution in [2.45, 2.75) is 25.7 Å². The number of aliphatic carboxylic acids is 1. The number of rotatable bonds is 4. The minimum Gasteiger partial charge on any atom is -0.504 e. The van der Waals surface area contributed by atoms with Crippen LogP contribution in [0.3, 0.4) is 0 Å². The van der Waals surface area contributed by atoms with Crippen LogP contribution in [-0.4, -0.2) is 23.3 Å². The Balaban J connectivity index is 3.44. The number of halogens is 2. The average Bonchev–Trinajstić information content (AvgIpc) is 2.23. The first-order valence-electron chi connectivity index (χ1n) is 5.18. The van der Waals surface area contributed by atoms with Crippen molar-refractivity contribution < 1.29 is 24.1 Å². The average molecular weight is 277 g/mol. The molecular formula is C12H14ClFO4. The number of ether oxygens (including phenoxy) is 1. The molecule has 18 heavy (non-hydrogen) atoms. The highest BCUT2D eigenvalue weighted by atomic mass is 35.5. The molecule has 0 fully saturated rings. The van der Waals surface area contributed by atoms with Crippen molar-refractivity contribution in [1.29, 1.82) is 0 Å². The van der Waals surface area contributed by atoms with Crippen molar-refractivity contribution in [1.82, 2.24) is 0 Å². The second-order valence-corrected chi connectivity index (χ2v) is 4.96. The number of benzene rings is 1. The highest BCUT2D eigenvalue weighted by Crippen LogP contribution is 2.42. The van der Waals surface area contributed by atoms with Gasteiger partial charge in [0.25, 0.3) is 0 Å². The Bertz CT molecular complexity index is 485. The lowest BCUT2D eigenvalue weighted by molar-refractivity contribution is -0.138. The van der Waals surface area contributed by atoms with Crippen LogP contribution in [0.25, 0.3) is 0 Å². The summed E-state index contributed by atoms with van der Waals surface area (Å²) in [5.74, 6) is -2.91. The van der Waals surface area contributed by atoms with E-state index in [1.54, 1.807) is 13.8 Å². The van der Waals surface area contributed by atoms with Crippen molar-refractivity contribution >= 4 is 17.6 Å². The fraction of sp³-hybridized carbons (Fsp3) is 0.417. The zero-order valence-electron chi connectivity index (χ0n) is 10.3. The Kier molecular flexibility index (Phi) is 4.06. The van der Waals surface area contributed by atoms with E-state index in [1.807, 2.05) is 0 Å². The number of carboxylic acids is 1. The number of hydrogen-bond donors (Lipinski definition) is 2. The van der Waals surface area contributed by atoms with Crippen LogP contribution in [0, 0.1) is 5.82 Å². The van der Waals surface area contributed by atoms with Crippen LogP contribution in [-0.2, 0) is 10.2 Å². The van der Waals surface area contributed by atoms with Gasteiger partial charge in [0.15, 0.2) is 11.5 Å². The van der Waals surface area contributed by atoms with E-state index in [-0.39, 0.29) is 17.2 Å². The third-order valence-corrected chi connectivity index (χ3v) is 2.96. The minimum atomic E-state index is -1.02. The Morgan fingerprint density at radius 2 is 2.11 bits per heavy atom. The summed E-state index contributed by atoms with van der Waals surface area (Å²) >= 11 is 5.70. The monoisotopic (exact) mass is 276 g/mol. The Labute approximate surface area is 109 Å². The minimum absolute atomic E-state index is 0.179. The van der Waals surface area contributed by atoms with Gasteiger partial charge in [0.1, 0.15) is 0 Å². The number of phenolic OH excluding ortho intramolecular Hbond substituents is 1. The largest absolute Gasteiger partial charge is 0.504 e. The predicted octanol–water partition coefficient (Wildman–Crippen LogP) is 2.95. The van der Waals surface area contributed by atoms with Gasteiger partial charge >= 0.3 is 5.97 Å². The van der Waals surface area contributed by atoms with E-state index in [1.165, 1.54) is 13.2 Å². The van der Waals surface area contributed by atoms with Gasteiger partial charge in [-0.05, 0) is 6.07 Å². The molecule has 4 nitrogen and oxygen atoms in total. The summed E-state index contributed by atoms with van der Waals surface area (Å²) in [7, 11) is 1.24. The fourth-order valence-corrected chi connectivity index (χ4v) is 1.96. The maximum atomic E-state index is 13.8. The molecule has 0 aliphatic carbocycles. The number of phenols is 1. The molecule has 0 saturated carbocycles. The summed E-state index contributed by atoms with van der Waals surface area (Å²) in [6.45, 7) is 3.26. The lowest BCUT2D eigenvalue weighted by Gasteiger charge is -2.26. The lowest BCUT2D eigenvalue weighted by atomic mass is 9.81. The first-order valence-corrected chi connectivity index (χ1v) is 5.55. The molecule has 0 amide bonds. The van der Waals surface area contributed by atoms with Gasteiger partial charge in [-0.25, -0.2) is 0 Å². The van der Waals surface area contributed by atoms with Gasteiger partial charge in [-0.2, -0.15) is 4.39 Å². The molecule has 0 aromatic heterocycles. The van der Waals surface area contributed by atoms with Crippen LogP contribution in [0.5, 0.6) is 11.5 Å². The summed E-state index contributed by atoms with van der Waals surface area (Å²) < 4.78 is 18.7. The van der Waals surface area contributed by atoms with Gasteiger partial charge in [0, 0.05) is 11.0 Å². The molecule has 1 aromatic carbocycles. The quantitative estimate of drug-likeness (QED) is 0.887. The summed E-state index contributed by atoms with van der Waals surface area (Å²) in [5.41, 5.74) is -0.581. The van der Waals surface area contributed by atoms with Gasteiger partial charge in [-0.1, -0.05) is 25.4 Å². The summed E-state index contributed by atoms with van der Waals surface area (Å²) in [6, 6.07) is 1.32. The van der Waals surface area contributed by atoms with Gasteiger partial charge in [-0.15, -0.1) is 0 Å². The smallest absolute Gasteiger partial charge is 0.304 e. The molecular weight excluding hydrogens is 263 g/mol.